The lowest BCUT2D eigenvalue weighted by molar-refractivity contribution is -0.165. The Morgan fingerprint density at radius 3 is 2.33 bits per heavy atom. The SMILES string of the molecule is O=C1On2cc(F)c(=O)n(c2=O)OC1=O. The first-order valence-electron chi connectivity index (χ1n) is 3.50. The number of aromatic nitrogens is 2. The Hall–Kier alpha value is -2.45. The van der Waals surface area contributed by atoms with E-state index in [2.05, 4.69) is 9.68 Å². The fourth-order valence-electron chi connectivity index (χ4n) is 0.879. The van der Waals surface area contributed by atoms with Crippen LogP contribution in [0.3, 0.4) is 0 Å². The number of halogens is 1. The summed E-state index contributed by atoms with van der Waals surface area (Å²) in [7, 11) is 0. The van der Waals surface area contributed by atoms with Gasteiger partial charge in [0.1, 0.15) is 0 Å². The highest BCUT2D eigenvalue weighted by molar-refractivity contribution is 6.30. The minimum absolute atomic E-state index is 0.0873. The van der Waals surface area contributed by atoms with E-state index in [0.717, 1.165) is 0 Å². The molecular formula is C6HFN2O6. The van der Waals surface area contributed by atoms with Crippen molar-refractivity contribution in [2.75, 3.05) is 0 Å². The van der Waals surface area contributed by atoms with E-state index in [0.29, 0.717) is 6.20 Å². The molecule has 1 aromatic rings. The van der Waals surface area contributed by atoms with E-state index in [1.807, 2.05) is 0 Å². The summed E-state index contributed by atoms with van der Waals surface area (Å²) in [6.07, 6.45) is 0.334. The molecule has 2 heterocycles. The number of hydrogen-bond donors (Lipinski definition) is 0. The second-order valence-electron chi connectivity index (χ2n) is 2.44. The van der Waals surface area contributed by atoms with E-state index in [-0.39, 0.29) is 9.46 Å². The molecule has 2 bridgehead atoms. The van der Waals surface area contributed by atoms with Gasteiger partial charge in [0, 0.05) is 0 Å². The summed E-state index contributed by atoms with van der Waals surface area (Å²) in [4.78, 5) is 51.6. The van der Waals surface area contributed by atoms with Crippen molar-refractivity contribution in [2.24, 2.45) is 0 Å². The van der Waals surface area contributed by atoms with Crippen LogP contribution in [-0.2, 0) is 9.59 Å². The van der Waals surface area contributed by atoms with Crippen molar-refractivity contribution in [2.45, 2.75) is 0 Å². The van der Waals surface area contributed by atoms with E-state index in [9.17, 15) is 23.6 Å². The summed E-state index contributed by atoms with van der Waals surface area (Å²) < 4.78 is 12.7. The Kier molecular flexibility index (Phi) is 1.68. The van der Waals surface area contributed by atoms with Crippen molar-refractivity contribution in [3.63, 3.8) is 0 Å². The maximum atomic E-state index is 12.8. The van der Waals surface area contributed by atoms with Crippen LogP contribution >= 0.6 is 0 Å². The molecule has 0 atom stereocenters. The second kappa shape index (κ2) is 2.77. The zero-order valence-corrected chi connectivity index (χ0v) is 6.80. The molecule has 0 unspecified atom stereocenters. The van der Waals surface area contributed by atoms with Crippen molar-refractivity contribution in [3.05, 3.63) is 32.9 Å². The average molecular weight is 216 g/mol. The predicted molar refractivity (Wildman–Crippen MR) is 38.1 cm³/mol. The van der Waals surface area contributed by atoms with Gasteiger partial charge in [0.2, 0.25) is 5.82 Å². The number of carbonyl (C=O) groups is 2. The van der Waals surface area contributed by atoms with Gasteiger partial charge in [0.25, 0.3) is 0 Å². The number of rotatable bonds is 0. The highest BCUT2D eigenvalue weighted by Gasteiger charge is 2.28. The zero-order chi connectivity index (χ0) is 11.2. The summed E-state index contributed by atoms with van der Waals surface area (Å²) in [5, 5.41) is 0. The Bertz CT molecular complexity index is 584. The topological polar surface area (TPSA) is 96.6 Å². The molecule has 0 fully saturated rings. The van der Waals surface area contributed by atoms with Crippen LogP contribution in [-0.4, -0.2) is 21.4 Å². The smallest absolute Gasteiger partial charge is 0.321 e. The largest absolute Gasteiger partial charge is 0.444 e. The molecule has 1 aromatic heterocycles. The van der Waals surface area contributed by atoms with Gasteiger partial charge in [-0.3, -0.25) is 4.79 Å². The number of carbonyl (C=O) groups excluding carboxylic acids is 2. The van der Waals surface area contributed by atoms with Gasteiger partial charge in [0.15, 0.2) is 0 Å². The van der Waals surface area contributed by atoms with Crippen LogP contribution in [0, 0.1) is 5.82 Å². The standard InChI is InChI=1S/C6HFN2O6/c7-2-1-8-6(13)9(3(2)10)15-5(12)4(11)14-8/h1H. The van der Waals surface area contributed by atoms with Gasteiger partial charge in [-0.05, 0) is 0 Å². The predicted octanol–water partition coefficient (Wildman–Crippen LogP) is -2.93. The van der Waals surface area contributed by atoms with Crippen LogP contribution in [0.15, 0.2) is 15.8 Å². The summed E-state index contributed by atoms with van der Waals surface area (Å²) in [5.74, 6) is -4.54. The molecule has 8 nitrogen and oxygen atoms in total. The van der Waals surface area contributed by atoms with Gasteiger partial charge in [-0.25, -0.2) is 14.4 Å². The third-order valence-electron chi connectivity index (χ3n) is 1.50. The lowest BCUT2D eigenvalue weighted by Gasteiger charge is -2.00. The van der Waals surface area contributed by atoms with Crippen LogP contribution in [0.4, 0.5) is 4.39 Å². The quantitative estimate of drug-likeness (QED) is 0.431. The molecule has 0 radical (unpaired) electrons. The first-order valence-corrected chi connectivity index (χ1v) is 3.50. The third kappa shape index (κ3) is 1.21. The molecule has 0 aromatic carbocycles. The van der Waals surface area contributed by atoms with Gasteiger partial charge in [-0.15, -0.1) is 4.73 Å². The lowest BCUT2D eigenvalue weighted by atomic mass is 10.6. The van der Waals surface area contributed by atoms with Crippen LogP contribution in [0.25, 0.3) is 0 Å². The lowest BCUT2D eigenvalue weighted by Crippen LogP contribution is -2.44. The summed E-state index contributed by atoms with van der Waals surface area (Å²) >= 11 is 0. The average Bonchev–Trinajstić information content (AvgIpc) is 2.26. The monoisotopic (exact) mass is 216 g/mol. The van der Waals surface area contributed by atoms with Crippen molar-refractivity contribution in [1.29, 1.82) is 0 Å². The van der Waals surface area contributed by atoms with Gasteiger partial charge < -0.3 is 9.68 Å². The molecule has 0 spiro atoms. The normalized spacial score (nSPS) is 14.2. The van der Waals surface area contributed by atoms with Crippen LogP contribution in [0.2, 0.25) is 0 Å². The van der Waals surface area contributed by atoms with E-state index >= 15 is 0 Å². The van der Waals surface area contributed by atoms with Gasteiger partial charge in [0.05, 0.1) is 6.20 Å². The first kappa shape index (κ1) is 9.12. The maximum Gasteiger partial charge on any atom is 0.444 e. The van der Waals surface area contributed by atoms with Crippen LogP contribution in [0.1, 0.15) is 0 Å². The first-order chi connectivity index (χ1) is 7.00. The molecule has 2 rings (SSSR count). The van der Waals surface area contributed by atoms with E-state index < -0.39 is 29.0 Å². The van der Waals surface area contributed by atoms with Gasteiger partial charge in [-0.1, -0.05) is 4.73 Å². The van der Waals surface area contributed by atoms with E-state index in [1.54, 1.807) is 0 Å². The van der Waals surface area contributed by atoms with E-state index in [4.69, 9.17) is 0 Å². The molecule has 0 aliphatic carbocycles. The minimum atomic E-state index is -1.60. The summed E-state index contributed by atoms with van der Waals surface area (Å²) in [5.41, 5.74) is -2.77. The molecular weight excluding hydrogens is 215 g/mol. The fraction of sp³-hybridized carbons (Fsp3) is 0. The van der Waals surface area contributed by atoms with Crippen molar-refractivity contribution >= 4 is 11.9 Å². The third-order valence-corrected chi connectivity index (χ3v) is 1.50. The summed E-state index contributed by atoms with van der Waals surface area (Å²) in [6, 6.07) is 0. The zero-order valence-electron chi connectivity index (χ0n) is 6.80. The molecule has 0 amide bonds. The molecule has 0 N–H and O–H groups in total. The molecule has 0 saturated carbocycles. The molecule has 15 heavy (non-hydrogen) atoms. The Labute approximate surface area is 79.0 Å². The molecule has 0 saturated heterocycles. The molecule has 9 heteroatoms. The minimum Gasteiger partial charge on any atom is -0.321 e. The van der Waals surface area contributed by atoms with Gasteiger partial charge in [-0.2, -0.15) is 4.39 Å². The molecule has 1 aliphatic rings. The van der Waals surface area contributed by atoms with Crippen LogP contribution < -0.4 is 20.9 Å². The molecule has 1 aliphatic heterocycles. The number of fused-ring (bicyclic) bond motifs is 2. The fourth-order valence-corrected chi connectivity index (χ4v) is 0.879. The van der Waals surface area contributed by atoms with Gasteiger partial charge >= 0.3 is 23.2 Å². The highest BCUT2D eigenvalue weighted by atomic mass is 19.1. The summed E-state index contributed by atoms with van der Waals surface area (Å²) in [6.45, 7) is 0. The van der Waals surface area contributed by atoms with Crippen molar-refractivity contribution in [1.82, 2.24) is 9.46 Å². The van der Waals surface area contributed by atoms with E-state index in [1.165, 1.54) is 0 Å². The van der Waals surface area contributed by atoms with Crippen molar-refractivity contribution < 1.29 is 23.7 Å². The Balaban J connectivity index is 2.82. The Morgan fingerprint density at radius 1 is 1.07 bits per heavy atom. The molecule has 78 valence electrons. The highest BCUT2D eigenvalue weighted by Crippen LogP contribution is 1.88. The van der Waals surface area contributed by atoms with Crippen LogP contribution in [0.5, 0.6) is 0 Å². The van der Waals surface area contributed by atoms with Crippen molar-refractivity contribution in [3.8, 4) is 0 Å². The number of hydrogen-bond acceptors (Lipinski definition) is 6. The Morgan fingerprint density at radius 2 is 1.67 bits per heavy atom. The second-order valence-corrected chi connectivity index (χ2v) is 2.44. The number of nitrogens with zero attached hydrogens (tertiary/aromatic N) is 2. The maximum absolute atomic E-state index is 12.8.